The second kappa shape index (κ2) is 10.5. The number of hydrogen-bond donors (Lipinski definition) is 1. The lowest BCUT2D eigenvalue weighted by molar-refractivity contribution is -0.385. The topological polar surface area (TPSA) is 84.6 Å². The molecule has 1 N–H and O–H groups in total. The molecule has 3 aromatic carbocycles. The molecule has 0 atom stereocenters. The van der Waals surface area contributed by atoms with Gasteiger partial charge in [-0.05, 0) is 30.2 Å². The summed E-state index contributed by atoms with van der Waals surface area (Å²) >= 11 is 0. The summed E-state index contributed by atoms with van der Waals surface area (Å²) in [5, 5.41) is 15.5. The van der Waals surface area contributed by atoms with Gasteiger partial charge in [0.25, 0.3) is 5.69 Å². The Hall–Kier alpha value is -4.06. The van der Waals surface area contributed by atoms with Crippen LogP contribution in [0.2, 0.25) is 0 Å². The Kier molecular flexibility index (Phi) is 7.22. The van der Waals surface area contributed by atoms with Gasteiger partial charge in [0, 0.05) is 18.1 Å². The van der Waals surface area contributed by atoms with Crippen LogP contribution >= 0.6 is 0 Å². The number of carbonyl (C=O) groups excluding carboxylic acids is 1. The van der Waals surface area contributed by atoms with Crippen molar-refractivity contribution in [3.05, 3.63) is 118 Å². The summed E-state index contributed by atoms with van der Waals surface area (Å²) in [6, 6.07) is 25.5. The lowest BCUT2D eigenvalue weighted by Crippen LogP contribution is -2.19. The number of carbonyl (C=O) groups is 1. The van der Waals surface area contributed by atoms with Gasteiger partial charge in [-0.1, -0.05) is 72.8 Å². The van der Waals surface area contributed by atoms with Crippen LogP contribution < -0.4 is 5.43 Å². The van der Waals surface area contributed by atoms with Gasteiger partial charge in [-0.25, -0.2) is 5.43 Å². The predicted molar refractivity (Wildman–Crippen MR) is 118 cm³/mol. The molecule has 6 heteroatoms. The maximum absolute atomic E-state index is 12.2. The molecule has 0 bridgehead atoms. The molecule has 6 nitrogen and oxygen atoms in total. The molecule has 3 rings (SSSR count). The zero-order chi connectivity index (χ0) is 21.2. The van der Waals surface area contributed by atoms with Crippen molar-refractivity contribution < 1.29 is 9.72 Å². The summed E-state index contributed by atoms with van der Waals surface area (Å²) in [5.74, 6) is -0.202. The fraction of sp³-hybridized carbons (Fsp3) is 0.0833. The Balaban J connectivity index is 1.76. The summed E-state index contributed by atoms with van der Waals surface area (Å²) in [7, 11) is 0. The maximum atomic E-state index is 12.2. The van der Waals surface area contributed by atoms with E-state index in [-0.39, 0.29) is 11.6 Å². The average molecular weight is 399 g/mol. The first-order valence-electron chi connectivity index (χ1n) is 9.51. The van der Waals surface area contributed by atoms with E-state index < -0.39 is 4.92 Å². The molecule has 3 aromatic rings. The zero-order valence-electron chi connectivity index (χ0n) is 16.3. The summed E-state index contributed by atoms with van der Waals surface area (Å²) in [6.45, 7) is 0. The molecule has 0 unspecified atom stereocenters. The predicted octanol–water partition coefficient (Wildman–Crippen LogP) is 4.76. The Morgan fingerprint density at radius 3 is 2.27 bits per heavy atom. The van der Waals surface area contributed by atoms with E-state index in [0.29, 0.717) is 24.1 Å². The number of nitrogens with one attached hydrogen (secondary N) is 1. The Morgan fingerprint density at radius 1 is 0.933 bits per heavy atom. The number of nitro groups is 1. The van der Waals surface area contributed by atoms with Gasteiger partial charge < -0.3 is 0 Å². The molecular weight excluding hydrogens is 378 g/mol. The zero-order valence-corrected chi connectivity index (χ0v) is 16.3. The van der Waals surface area contributed by atoms with E-state index in [1.807, 2.05) is 60.7 Å². The summed E-state index contributed by atoms with van der Waals surface area (Å²) in [4.78, 5) is 23.0. The lowest BCUT2D eigenvalue weighted by atomic mass is 10.1. The first-order valence-corrected chi connectivity index (χ1v) is 9.51. The molecule has 0 aliphatic heterocycles. The first-order chi connectivity index (χ1) is 14.6. The highest BCUT2D eigenvalue weighted by Gasteiger charge is 2.10. The quantitative estimate of drug-likeness (QED) is 0.337. The molecule has 0 saturated carbocycles. The molecule has 0 spiro atoms. The molecule has 0 saturated heterocycles. The van der Waals surface area contributed by atoms with Crippen LogP contribution in [0.25, 0.3) is 6.08 Å². The third kappa shape index (κ3) is 5.97. The van der Waals surface area contributed by atoms with Gasteiger partial charge in [0.1, 0.15) is 0 Å². The smallest absolute Gasteiger partial charge is 0.273 e. The maximum Gasteiger partial charge on any atom is 0.276 e. The number of hydrogen-bond acceptors (Lipinski definition) is 4. The van der Waals surface area contributed by atoms with Crippen LogP contribution in [0, 0.1) is 10.1 Å². The van der Waals surface area contributed by atoms with E-state index in [9.17, 15) is 14.9 Å². The van der Waals surface area contributed by atoms with Crippen molar-refractivity contribution >= 4 is 23.4 Å². The van der Waals surface area contributed by atoms with Crippen LogP contribution in [-0.2, 0) is 11.2 Å². The minimum absolute atomic E-state index is 0.00746. The molecule has 150 valence electrons. The molecule has 0 aromatic heterocycles. The molecule has 0 heterocycles. The van der Waals surface area contributed by atoms with Gasteiger partial charge in [-0.3, -0.25) is 14.9 Å². The SMILES string of the molecule is O=C(CCc1ccccc1)NN=C(C=Cc1ccccc1[N+](=O)[O-])c1ccccc1. The highest BCUT2D eigenvalue weighted by molar-refractivity contribution is 6.11. The Labute approximate surface area is 174 Å². The van der Waals surface area contributed by atoms with Crippen LogP contribution in [0.1, 0.15) is 23.1 Å². The normalized spacial score (nSPS) is 11.4. The summed E-state index contributed by atoms with van der Waals surface area (Å²) in [6.07, 6.45) is 4.22. The summed E-state index contributed by atoms with van der Waals surface area (Å²) < 4.78 is 0. The number of hydrazone groups is 1. The summed E-state index contributed by atoms with van der Waals surface area (Å²) in [5.41, 5.74) is 5.43. The minimum atomic E-state index is -0.426. The Bertz CT molecular complexity index is 1060. The number of para-hydroxylation sites is 1. The average Bonchev–Trinajstić information content (AvgIpc) is 2.79. The van der Waals surface area contributed by atoms with Crippen molar-refractivity contribution in [3.63, 3.8) is 0 Å². The van der Waals surface area contributed by atoms with Gasteiger partial charge in [0.2, 0.25) is 5.91 Å². The fourth-order valence-electron chi connectivity index (χ4n) is 2.85. The number of amides is 1. The highest BCUT2D eigenvalue weighted by Crippen LogP contribution is 2.19. The van der Waals surface area contributed by atoms with Gasteiger partial charge in [0.15, 0.2) is 0 Å². The van der Waals surface area contributed by atoms with Gasteiger partial charge in [0.05, 0.1) is 16.2 Å². The number of aryl methyl sites for hydroxylation is 1. The standard InChI is InChI=1S/C24H21N3O3/c28-24(18-15-19-9-3-1-4-10-19)26-25-22(20-11-5-2-6-12-20)17-16-21-13-7-8-14-23(21)27(29)30/h1-14,16-17H,15,18H2,(H,26,28). The molecule has 30 heavy (non-hydrogen) atoms. The number of rotatable bonds is 8. The van der Waals surface area contributed by atoms with E-state index in [0.717, 1.165) is 11.1 Å². The molecule has 0 aliphatic rings. The fourth-order valence-corrected chi connectivity index (χ4v) is 2.85. The van der Waals surface area contributed by atoms with Gasteiger partial charge in [-0.15, -0.1) is 0 Å². The van der Waals surface area contributed by atoms with Crippen molar-refractivity contribution in [3.8, 4) is 0 Å². The number of nitrogens with zero attached hydrogens (tertiary/aromatic N) is 2. The van der Waals surface area contributed by atoms with E-state index in [2.05, 4.69) is 10.5 Å². The van der Waals surface area contributed by atoms with Gasteiger partial charge in [-0.2, -0.15) is 5.10 Å². The largest absolute Gasteiger partial charge is 0.276 e. The third-order valence-corrected chi connectivity index (χ3v) is 4.41. The molecule has 0 aliphatic carbocycles. The van der Waals surface area contributed by atoms with E-state index in [1.54, 1.807) is 30.4 Å². The number of allylic oxidation sites excluding steroid dienone is 1. The monoisotopic (exact) mass is 399 g/mol. The third-order valence-electron chi connectivity index (χ3n) is 4.41. The molecule has 1 amide bonds. The second-order valence-corrected chi connectivity index (χ2v) is 6.53. The van der Waals surface area contributed by atoms with E-state index in [1.165, 1.54) is 6.07 Å². The molecule has 0 fully saturated rings. The van der Waals surface area contributed by atoms with Crippen molar-refractivity contribution in [2.75, 3.05) is 0 Å². The van der Waals surface area contributed by atoms with Crippen LogP contribution in [0.15, 0.2) is 96.1 Å². The second-order valence-electron chi connectivity index (χ2n) is 6.53. The van der Waals surface area contributed by atoms with E-state index >= 15 is 0 Å². The van der Waals surface area contributed by atoms with Crippen molar-refractivity contribution in [2.45, 2.75) is 12.8 Å². The van der Waals surface area contributed by atoms with E-state index in [4.69, 9.17) is 0 Å². The molecular formula is C24H21N3O3. The number of nitro benzene ring substituents is 1. The van der Waals surface area contributed by atoms with Gasteiger partial charge >= 0.3 is 0 Å². The Morgan fingerprint density at radius 2 is 1.57 bits per heavy atom. The highest BCUT2D eigenvalue weighted by atomic mass is 16.6. The number of benzene rings is 3. The molecule has 0 radical (unpaired) electrons. The van der Waals surface area contributed by atoms with Crippen LogP contribution in [-0.4, -0.2) is 16.5 Å². The van der Waals surface area contributed by atoms with Crippen LogP contribution in [0.5, 0.6) is 0 Å². The van der Waals surface area contributed by atoms with Crippen molar-refractivity contribution in [1.82, 2.24) is 5.43 Å². The van der Waals surface area contributed by atoms with Crippen molar-refractivity contribution in [2.24, 2.45) is 5.10 Å². The lowest BCUT2D eigenvalue weighted by Gasteiger charge is -2.05. The first kappa shape index (κ1) is 20.7. The van der Waals surface area contributed by atoms with Crippen LogP contribution in [0.3, 0.4) is 0 Å². The van der Waals surface area contributed by atoms with Crippen molar-refractivity contribution in [1.29, 1.82) is 0 Å². The minimum Gasteiger partial charge on any atom is -0.273 e. The van der Waals surface area contributed by atoms with Crippen LogP contribution in [0.4, 0.5) is 5.69 Å².